The van der Waals surface area contributed by atoms with E-state index in [0.717, 1.165) is 11.3 Å². The van der Waals surface area contributed by atoms with E-state index < -0.39 is 0 Å². The van der Waals surface area contributed by atoms with Gasteiger partial charge in [-0.15, -0.1) is 0 Å². The van der Waals surface area contributed by atoms with Crippen molar-refractivity contribution in [1.29, 1.82) is 0 Å². The third-order valence-electron chi connectivity index (χ3n) is 2.80. The first-order valence-corrected chi connectivity index (χ1v) is 6.77. The van der Waals surface area contributed by atoms with Gasteiger partial charge in [-0.3, -0.25) is 4.79 Å². The summed E-state index contributed by atoms with van der Waals surface area (Å²) in [4.78, 5) is 11.4. The molecule has 0 spiro atoms. The zero-order chi connectivity index (χ0) is 13.8. The number of aromatic nitrogens is 1. The van der Waals surface area contributed by atoms with Gasteiger partial charge in [-0.2, -0.15) is 0 Å². The predicted molar refractivity (Wildman–Crippen MR) is 77.8 cm³/mol. The Labute approximate surface area is 119 Å². The smallest absolute Gasteiger partial charge is 0.250 e. The molecule has 0 aliphatic carbocycles. The van der Waals surface area contributed by atoms with Crippen LogP contribution < -0.4 is 10.9 Å². The van der Waals surface area contributed by atoms with Crippen LogP contribution in [-0.2, 0) is 13.1 Å². The standard InChI is InChI=1S/C14H14BrFN2O/c1-2-18-9-11(4-6-14(18)19)17-8-10-3-5-12(15)13(16)7-10/h3-7,9,17H,2,8H2,1H3. The summed E-state index contributed by atoms with van der Waals surface area (Å²) in [5, 5.41) is 3.17. The van der Waals surface area contributed by atoms with Crippen LogP contribution in [0.3, 0.4) is 0 Å². The number of aryl methyl sites for hydroxylation is 1. The number of pyridine rings is 1. The summed E-state index contributed by atoms with van der Waals surface area (Å²) in [5.74, 6) is -0.280. The van der Waals surface area contributed by atoms with Gasteiger partial charge in [0, 0.05) is 25.4 Å². The Morgan fingerprint density at radius 1 is 1.32 bits per heavy atom. The average molecular weight is 325 g/mol. The Bertz CT molecular complexity index is 640. The van der Waals surface area contributed by atoms with Crippen LogP contribution in [0.25, 0.3) is 0 Å². The molecule has 2 aromatic rings. The molecule has 1 heterocycles. The fourth-order valence-electron chi connectivity index (χ4n) is 1.74. The summed E-state index contributed by atoms with van der Waals surface area (Å²) in [6, 6.07) is 8.25. The van der Waals surface area contributed by atoms with Crippen LogP contribution in [0.5, 0.6) is 0 Å². The highest BCUT2D eigenvalue weighted by Gasteiger charge is 2.01. The van der Waals surface area contributed by atoms with Crippen LogP contribution in [0.15, 0.2) is 45.8 Å². The van der Waals surface area contributed by atoms with Gasteiger partial charge in [0.1, 0.15) is 5.82 Å². The molecule has 0 saturated carbocycles. The number of hydrogen-bond acceptors (Lipinski definition) is 2. The van der Waals surface area contributed by atoms with Crippen molar-refractivity contribution < 1.29 is 4.39 Å². The van der Waals surface area contributed by atoms with Crippen LogP contribution in [0.2, 0.25) is 0 Å². The summed E-state index contributed by atoms with van der Waals surface area (Å²) >= 11 is 3.12. The van der Waals surface area contributed by atoms with Gasteiger partial charge in [0.2, 0.25) is 0 Å². The molecule has 5 heteroatoms. The van der Waals surface area contributed by atoms with Crippen molar-refractivity contribution in [2.24, 2.45) is 0 Å². The van der Waals surface area contributed by atoms with E-state index in [0.29, 0.717) is 17.6 Å². The Hall–Kier alpha value is -1.62. The Morgan fingerprint density at radius 3 is 2.79 bits per heavy atom. The molecule has 100 valence electrons. The molecule has 0 radical (unpaired) electrons. The minimum Gasteiger partial charge on any atom is -0.380 e. The molecular formula is C14H14BrFN2O. The van der Waals surface area contributed by atoms with Gasteiger partial charge >= 0.3 is 0 Å². The van der Waals surface area contributed by atoms with Gasteiger partial charge in [-0.1, -0.05) is 6.07 Å². The van der Waals surface area contributed by atoms with Gasteiger partial charge in [0.15, 0.2) is 0 Å². The summed E-state index contributed by atoms with van der Waals surface area (Å²) < 4.78 is 15.4. The summed E-state index contributed by atoms with van der Waals surface area (Å²) in [6.07, 6.45) is 1.76. The molecule has 19 heavy (non-hydrogen) atoms. The molecule has 0 saturated heterocycles. The van der Waals surface area contributed by atoms with E-state index in [1.54, 1.807) is 22.9 Å². The zero-order valence-electron chi connectivity index (χ0n) is 10.5. The van der Waals surface area contributed by atoms with E-state index >= 15 is 0 Å². The number of halogens is 2. The first-order valence-electron chi connectivity index (χ1n) is 5.98. The highest BCUT2D eigenvalue weighted by atomic mass is 79.9. The summed E-state index contributed by atoms with van der Waals surface area (Å²) in [6.45, 7) is 3.04. The lowest BCUT2D eigenvalue weighted by atomic mass is 10.2. The van der Waals surface area contributed by atoms with E-state index in [-0.39, 0.29) is 11.4 Å². The topological polar surface area (TPSA) is 34.0 Å². The average Bonchev–Trinajstić information content (AvgIpc) is 2.41. The van der Waals surface area contributed by atoms with Crippen molar-refractivity contribution in [2.45, 2.75) is 20.0 Å². The van der Waals surface area contributed by atoms with Crippen LogP contribution in [0.1, 0.15) is 12.5 Å². The molecule has 0 atom stereocenters. The van der Waals surface area contributed by atoms with Crippen molar-refractivity contribution >= 4 is 21.6 Å². The molecule has 0 aliphatic rings. The minimum absolute atomic E-state index is 0.0252. The highest BCUT2D eigenvalue weighted by Crippen LogP contribution is 2.17. The molecule has 0 unspecified atom stereocenters. The summed E-state index contributed by atoms with van der Waals surface area (Å²) in [7, 11) is 0. The van der Waals surface area contributed by atoms with Crippen molar-refractivity contribution in [3.05, 3.63) is 62.7 Å². The van der Waals surface area contributed by atoms with E-state index in [9.17, 15) is 9.18 Å². The number of benzene rings is 1. The quantitative estimate of drug-likeness (QED) is 0.935. The molecule has 0 bridgehead atoms. The molecule has 1 aromatic carbocycles. The van der Waals surface area contributed by atoms with Gasteiger partial charge in [-0.05, 0) is 46.6 Å². The van der Waals surface area contributed by atoms with Crippen molar-refractivity contribution in [3.63, 3.8) is 0 Å². The maximum Gasteiger partial charge on any atom is 0.250 e. The largest absolute Gasteiger partial charge is 0.380 e. The van der Waals surface area contributed by atoms with Crippen molar-refractivity contribution in [1.82, 2.24) is 4.57 Å². The predicted octanol–water partition coefficient (Wildman–Crippen LogP) is 3.38. The van der Waals surface area contributed by atoms with Crippen LogP contribution >= 0.6 is 15.9 Å². The number of anilines is 1. The van der Waals surface area contributed by atoms with E-state index in [1.807, 2.05) is 13.0 Å². The fraction of sp³-hybridized carbons (Fsp3) is 0.214. The third kappa shape index (κ3) is 3.44. The second-order valence-corrected chi connectivity index (χ2v) is 5.00. The third-order valence-corrected chi connectivity index (χ3v) is 3.45. The normalized spacial score (nSPS) is 10.5. The molecular weight excluding hydrogens is 311 g/mol. The minimum atomic E-state index is -0.280. The number of nitrogens with zero attached hydrogens (tertiary/aromatic N) is 1. The fourth-order valence-corrected chi connectivity index (χ4v) is 1.98. The van der Waals surface area contributed by atoms with Crippen molar-refractivity contribution in [2.75, 3.05) is 5.32 Å². The molecule has 0 amide bonds. The van der Waals surface area contributed by atoms with E-state index in [4.69, 9.17) is 0 Å². The molecule has 1 N–H and O–H groups in total. The number of nitrogens with one attached hydrogen (secondary N) is 1. The van der Waals surface area contributed by atoms with Gasteiger partial charge in [-0.25, -0.2) is 4.39 Å². The molecule has 0 fully saturated rings. The first-order chi connectivity index (χ1) is 9.10. The lowest BCUT2D eigenvalue weighted by Gasteiger charge is -2.09. The van der Waals surface area contributed by atoms with Gasteiger partial charge in [0.05, 0.1) is 10.2 Å². The second kappa shape index (κ2) is 6.02. The molecule has 2 rings (SSSR count). The monoisotopic (exact) mass is 324 g/mol. The summed E-state index contributed by atoms with van der Waals surface area (Å²) in [5.41, 5.74) is 1.66. The maximum atomic E-state index is 13.4. The maximum absolute atomic E-state index is 13.4. The van der Waals surface area contributed by atoms with E-state index in [1.165, 1.54) is 12.1 Å². The highest BCUT2D eigenvalue weighted by molar-refractivity contribution is 9.10. The first kappa shape index (κ1) is 13.8. The molecule has 1 aromatic heterocycles. The number of rotatable bonds is 4. The van der Waals surface area contributed by atoms with Crippen LogP contribution in [0, 0.1) is 5.82 Å². The van der Waals surface area contributed by atoms with Crippen molar-refractivity contribution in [3.8, 4) is 0 Å². The Morgan fingerprint density at radius 2 is 2.11 bits per heavy atom. The van der Waals surface area contributed by atoms with Gasteiger partial charge in [0.25, 0.3) is 5.56 Å². The van der Waals surface area contributed by atoms with E-state index in [2.05, 4.69) is 21.2 Å². The second-order valence-electron chi connectivity index (χ2n) is 4.14. The lowest BCUT2D eigenvalue weighted by molar-refractivity contribution is 0.619. The number of hydrogen-bond donors (Lipinski definition) is 1. The Balaban J connectivity index is 2.10. The van der Waals surface area contributed by atoms with Gasteiger partial charge < -0.3 is 9.88 Å². The zero-order valence-corrected chi connectivity index (χ0v) is 12.1. The Kier molecular flexibility index (Phi) is 4.37. The molecule has 3 nitrogen and oxygen atoms in total. The molecule has 0 aliphatic heterocycles. The van der Waals surface area contributed by atoms with Crippen LogP contribution in [0.4, 0.5) is 10.1 Å². The SMILES string of the molecule is CCn1cc(NCc2ccc(Br)c(F)c2)ccc1=O. The lowest BCUT2D eigenvalue weighted by Crippen LogP contribution is -2.17. The van der Waals surface area contributed by atoms with Crippen LogP contribution in [-0.4, -0.2) is 4.57 Å².